The number of halogens is 1. The van der Waals surface area contributed by atoms with Crippen LogP contribution in [0, 0.1) is 11.7 Å². The number of hydrogen-bond donors (Lipinski definition) is 3. The quantitative estimate of drug-likeness (QED) is 0.794. The van der Waals surface area contributed by atoms with E-state index >= 15 is 0 Å². The van der Waals surface area contributed by atoms with Crippen molar-refractivity contribution < 1.29 is 14.3 Å². The summed E-state index contributed by atoms with van der Waals surface area (Å²) in [5, 5.41) is 15.0. The molecule has 0 spiro atoms. The Morgan fingerprint density at radius 2 is 2.00 bits per heavy atom. The van der Waals surface area contributed by atoms with Crippen LogP contribution in [0.3, 0.4) is 0 Å². The van der Waals surface area contributed by atoms with Crippen molar-refractivity contribution in [3.63, 3.8) is 0 Å². The molecule has 1 aromatic carbocycles. The van der Waals surface area contributed by atoms with Gasteiger partial charge >= 0.3 is 6.03 Å². The Morgan fingerprint density at radius 3 is 2.70 bits per heavy atom. The van der Waals surface area contributed by atoms with E-state index in [1.165, 1.54) is 18.6 Å². The first kappa shape index (κ1) is 14.8. The summed E-state index contributed by atoms with van der Waals surface area (Å²) < 4.78 is 13.3. The van der Waals surface area contributed by atoms with Crippen molar-refractivity contribution in [2.45, 2.75) is 38.2 Å². The summed E-state index contributed by atoms with van der Waals surface area (Å²) in [6, 6.07) is 5.49. The first-order valence-electron chi connectivity index (χ1n) is 7.14. The molecular formula is C15H21FN2O2. The van der Waals surface area contributed by atoms with Gasteiger partial charge in [-0.15, -0.1) is 0 Å². The van der Waals surface area contributed by atoms with Gasteiger partial charge in [-0.1, -0.05) is 31.4 Å². The minimum atomic E-state index is -0.526. The number of nitrogens with one attached hydrogen (secondary N) is 2. The van der Waals surface area contributed by atoms with Crippen LogP contribution in [-0.4, -0.2) is 23.8 Å². The molecule has 0 saturated heterocycles. The summed E-state index contributed by atoms with van der Waals surface area (Å²) in [6.45, 7) is 0.199. The highest BCUT2D eigenvalue weighted by atomic mass is 19.1. The lowest BCUT2D eigenvalue weighted by molar-refractivity contribution is 0.0863. The van der Waals surface area contributed by atoms with Crippen LogP contribution in [0.15, 0.2) is 24.3 Å². The molecule has 1 aromatic rings. The number of urea groups is 1. The lowest BCUT2D eigenvalue weighted by Crippen LogP contribution is -2.39. The molecule has 4 nitrogen and oxygen atoms in total. The smallest absolute Gasteiger partial charge is 0.319 e. The molecule has 1 aliphatic rings. The maximum absolute atomic E-state index is 13.3. The summed E-state index contributed by atoms with van der Waals surface area (Å²) in [5.41, 5.74) is 0.136. The summed E-state index contributed by atoms with van der Waals surface area (Å²) in [5.74, 6) is -0.215. The summed E-state index contributed by atoms with van der Waals surface area (Å²) in [6.07, 6.45) is 5.01. The van der Waals surface area contributed by atoms with Crippen molar-refractivity contribution in [3.8, 4) is 0 Å². The molecule has 3 N–H and O–H groups in total. The van der Waals surface area contributed by atoms with E-state index in [0.717, 1.165) is 25.7 Å². The second-order valence-electron chi connectivity index (χ2n) is 5.28. The number of hydrogen-bond acceptors (Lipinski definition) is 2. The Balaban J connectivity index is 1.76. The Kier molecular flexibility index (Phi) is 5.35. The van der Waals surface area contributed by atoms with E-state index < -0.39 is 18.0 Å². The Morgan fingerprint density at radius 1 is 1.30 bits per heavy atom. The summed E-state index contributed by atoms with van der Waals surface area (Å²) >= 11 is 0. The highest BCUT2D eigenvalue weighted by molar-refractivity contribution is 5.89. The Bertz CT molecular complexity index is 447. The average Bonchev–Trinajstić information content (AvgIpc) is 2.48. The second-order valence-corrected chi connectivity index (χ2v) is 5.28. The monoisotopic (exact) mass is 280 g/mol. The number of para-hydroxylation sites is 1. The van der Waals surface area contributed by atoms with E-state index in [9.17, 15) is 14.3 Å². The molecule has 1 saturated carbocycles. The number of aliphatic hydroxyl groups excluding tert-OH is 1. The molecular weight excluding hydrogens is 259 g/mol. The number of aliphatic hydroxyl groups is 1. The van der Waals surface area contributed by atoms with Crippen LogP contribution in [-0.2, 0) is 0 Å². The van der Waals surface area contributed by atoms with Crippen LogP contribution < -0.4 is 10.6 Å². The number of carbonyl (C=O) groups excluding carboxylic acids is 1. The van der Waals surface area contributed by atoms with Crippen molar-refractivity contribution >= 4 is 11.7 Å². The predicted molar refractivity (Wildman–Crippen MR) is 76.0 cm³/mol. The standard InChI is InChI=1S/C15H21FN2O2/c16-12-8-4-5-9-13(12)18-15(20)17-10-14(19)11-6-2-1-3-7-11/h4-5,8-9,11,14,19H,1-3,6-7,10H2,(H2,17,18,20)/t14-/m1/s1. The molecule has 2 rings (SSSR count). The van der Waals surface area contributed by atoms with Crippen LogP contribution in [0.2, 0.25) is 0 Å². The van der Waals surface area contributed by atoms with E-state index in [2.05, 4.69) is 10.6 Å². The molecule has 20 heavy (non-hydrogen) atoms. The third-order valence-corrected chi connectivity index (χ3v) is 3.79. The van der Waals surface area contributed by atoms with Gasteiger partial charge in [0.1, 0.15) is 5.82 Å². The van der Waals surface area contributed by atoms with Gasteiger partial charge in [0.25, 0.3) is 0 Å². The Hall–Kier alpha value is -1.62. The molecule has 1 aliphatic carbocycles. The van der Waals surface area contributed by atoms with Gasteiger partial charge in [0.2, 0.25) is 0 Å². The van der Waals surface area contributed by atoms with Crippen molar-refractivity contribution in [3.05, 3.63) is 30.1 Å². The lowest BCUT2D eigenvalue weighted by Gasteiger charge is -2.26. The molecule has 2 amide bonds. The molecule has 110 valence electrons. The first-order valence-corrected chi connectivity index (χ1v) is 7.14. The normalized spacial score (nSPS) is 17.5. The Labute approximate surface area is 118 Å². The second kappa shape index (κ2) is 7.24. The first-order chi connectivity index (χ1) is 9.66. The molecule has 0 radical (unpaired) electrons. The van der Waals surface area contributed by atoms with Crippen LogP contribution in [0.25, 0.3) is 0 Å². The van der Waals surface area contributed by atoms with E-state index in [1.54, 1.807) is 12.1 Å². The maximum atomic E-state index is 13.3. The number of anilines is 1. The molecule has 1 atom stereocenters. The van der Waals surface area contributed by atoms with E-state index in [1.807, 2.05) is 0 Å². The molecule has 0 bridgehead atoms. The molecule has 1 fully saturated rings. The van der Waals surface area contributed by atoms with Crippen LogP contribution in [0.1, 0.15) is 32.1 Å². The van der Waals surface area contributed by atoms with Gasteiger partial charge in [-0.2, -0.15) is 0 Å². The molecule has 0 aromatic heterocycles. The van der Waals surface area contributed by atoms with Gasteiger partial charge in [0.15, 0.2) is 0 Å². The zero-order valence-electron chi connectivity index (χ0n) is 11.4. The number of amides is 2. The summed E-state index contributed by atoms with van der Waals surface area (Å²) in [4.78, 5) is 11.7. The minimum absolute atomic E-state index is 0.136. The van der Waals surface area contributed by atoms with E-state index in [-0.39, 0.29) is 18.2 Å². The van der Waals surface area contributed by atoms with E-state index in [0.29, 0.717) is 0 Å². The third-order valence-electron chi connectivity index (χ3n) is 3.79. The van der Waals surface area contributed by atoms with Crippen molar-refractivity contribution in [2.24, 2.45) is 5.92 Å². The SMILES string of the molecule is O=C(NC[C@@H](O)C1CCCCC1)Nc1ccccc1F. The fraction of sp³-hybridized carbons (Fsp3) is 0.533. The third kappa shape index (κ3) is 4.20. The highest BCUT2D eigenvalue weighted by Crippen LogP contribution is 2.26. The zero-order chi connectivity index (χ0) is 14.4. The number of rotatable bonds is 4. The van der Waals surface area contributed by atoms with Crippen molar-refractivity contribution in [1.82, 2.24) is 5.32 Å². The topological polar surface area (TPSA) is 61.4 Å². The fourth-order valence-corrected chi connectivity index (χ4v) is 2.61. The van der Waals surface area contributed by atoms with Gasteiger partial charge in [-0.3, -0.25) is 0 Å². The zero-order valence-corrected chi connectivity index (χ0v) is 11.4. The average molecular weight is 280 g/mol. The van der Waals surface area contributed by atoms with Crippen molar-refractivity contribution in [2.75, 3.05) is 11.9 Å². The van der Waals surface area contributed by atoms with Gasteiger partial charge in [0, 0.05) is 6.54 Å². The van der Waals surface area contributed by atoms with Crippen molar-refractivity contribution in [1.29, 1.82) is 0 Å². The van der Waals surface area contributed by atoms with Gasteiger partial charge in [-0.05, 0) is 30.9 Å². The molecule has 0 heterocycles. The molecule has 5 heteroatoms. The number of carbonyl (C=O) groups is 1. The van der Waals surface area contributed by atoms with Gasteiger partial charge < -0.3 is 15.7 Å². The highest BCUT2D eigenvalue weighted by Gasteiger charge is 2.22. The fourth-order valence-electron chi connectivity index (χ4n) is 2.61. The van der Waals surface area contributed by atoms with Gasteiger partial charge in [0.05, 0.1) is 11.8 Å². The largest absolute Gasteiger partial charge is 0.391 e. The molecule has 0 unspecified atom stereocenters. The van der Waals surface area contributed by atoms with E-state index in [4.69, 9.17) is 0 Å². The number of benzene rings is 1. The maximum Gasteiger partial charge on any atom is 0.319 e. The van der Waals surface area contributed by atoms with Crippen LogP contribution >= 0.6 is 0 Å². The van der Waals surface area contributed by atoms with Gasteiger partial charge in [-0.25, -0.2) is 9.18 Å². The predicted octanol–water partition coefficient (Wildman–Crippen LogP) is 2.89. The van der Waals surface area contributed by atoms with Crippen LogP contribution in [0.5, 0.6) is 0 Å². The van der Waals surface area contributed by atoms with Crippen LogP contribution in [0.4, 0.5) is 14.9 Å². The molecule has 0 aliphatic heterocycles. The lowest BCUT2D eigenvalue weighted by atomic mass is 9.85. The minimum Gasteiger partial charge on any atom is -0.391 e. The summed E-state index contributed by atoms with van der Waals surface area (Å²) in [7, 11) is 0.